The van der Waals surface area contributed by atoms with Crippen LogP contribution in [0.15, 0.2) is 18.2 Å². The number of hydrogen-bond donors (Lipinski definition) is 1. The molecule has 1 nitrogen and oxygen atoms in total. The van der Waals surface area contributed by atoms with E-state index in [1.165, 1.54) is 18.2 Å². The van der Waals surface area contributed by atoms with Crippen molar-refractivity contribution in [2.45, 2.75) is 25.4 Å². The van der Waals surface area contributed by atoms with Crippen LogP contribution in [0.3, 0.4) is 0 Å². The number of alkyl halides is 1. The fraction of sp³-hybridized carbons (Fsp3) is 0.455. The minimum absolute atomic E-state index is 0.0583. The molecule has 0 aliphatic heterocycles. The van der Waals surface area contributed by atoms with Crippen LogP contribution in [0.5, 0.6) is 0 Å². The highest BCUT2D eigenvalue weighted by atomic mass is 35.5. The molecule has 0 aromatic heterocycles. The molecule has 0 heterocycles. The summed E-state index contributed by atoms with van der Waals surface area (Å²) in [7, 11) is 0. The van der Waals surface area contributed by atoms with E-state index in [1.807, 2.05) is 0 Å². The highest BCUT2D eigenvalue weighted by molar-refractivity contribution is 6.31. The highest BCUT2D eigenvalue weighted by Crippen LogP contribution is 2.26. The summed E-state index contributed by atoms with van der Waals surface area (Å²) >= 11 is 5.80. The van der Waals surface area contributed by atoms with Gasteiger partial charge in [-0.05, 0) is 24.1 Å². The molecule has 0 fully saturated rings. The maximum Gasteiger partial charge on any atom is 0.127 e. The van der Waals surface area contributed by atoms with E-state index < -0.39 is 11.5 Å². The van der Waals surface area contributed by atoms with Crippen LogP contribution in [0, 0.1) is 5.82 Å². The lowest BCUT2D eigenvalue weighted by Crippen LogP contribution is -2.34. The van der Waals surface area contributed by atoms with Gasteiger partial charge in [0.05, 0.1) is 0 Å². The molecule has 1 rings (SSSR count). The molecule has 1 aromatic rings. The summed E-state index contributed by atoms with van der Waals surface area (Å²) < 4.78 is 26.7. The Morgan fingerprint density at radius 1 is 1.47 bits per heavy atom. The molecule has 0 saturated heterocycles. The van der Waals surface area contributed by atoms with Gasteiger partial charge in [0, 0.05) is 18.0 Å². The maximum absolute atomic E-state index is 13.9. The topological polar surface area (TPSA) is 26.0 Å². The second-order valence-corrected chi connectivity index (χ2v) is 4.03. The van der Waals surface area contributed by atoms with Crippen molar-refractivity contribution in [3.8, 4) is 0 Å². The molecule has 84 valence electrons. The molecule has 0 radical (unpaired) electrons. The number of rotatable bonds is 4. The fourth-order valence-electron chi connectivity index (χ4n) is 1.35. The summed E-state index contributed by atoms with van der Waals surface area (Å²) in [6.07, 6.45) is 0.441. The first-order valence-electron chi connectivity index (χ1n) is 4.83. The zero-order chi connectivity index (χ0) is 11.5. The Balaban J connectivity index is 2.89. The van der Waals surface area contributed by atoms with Crippen molar-refractivity contribution in [1.29, 1.82) is 0 Å². The molecule has 2 N–H and O–H groups in total. The molecular formula is C11H14ClF2N. The summed E-state index contributed by atoms with van der Waals surface area (Å²) in [6.45, 7) is 1.67. The van der Waals surface area contributed by atoms with Gasteiger partial charge in [-0.15, -0.1) is 0 Å². The van der Waals surface area contributed by atoms with Gasteiger partial charge >= 0.3 is 0 Å². The first kappa shape index (κ1) is 12.4. The van der Waals surface area contributed by atoms with E-state index >= 15 is 0 Å². The third-order valence-electron chi connectivity index (χ3n) is 2.52. The largest absolute Gasteiger partial charge is 0.328 e. The van der Waals surface area contributed by atoms with Gasteiger partial charge < -0.3 is 5.73 Å². The number of benzene rings is 1. The minimum Gasteiger partial charge on any atom is -0.328 e. The van der Waals surface area contributed by atoms with E-state index in [1.54, 1.807) is 6.92 Å². The average Bonchev–Trinajstić information content (AvgIpc) is 2.22. The van der Waals surface area contributed by atoms with Gasteiger partial charge in [-0.2, -0.15) is 0 Å². The molecule has 15 heavy (non-hydrogen) atoms. The highest BCUT2D eigenvalue weighted by Gasteiger charge is 2.26. The lowest BCUT2D eigenvalue weighted by molar-refractivity contribution is 0.167. The van der Waals surface area contributed by atoms with Gasteiger partial charge in [0.25, 0.3) is 0 Å². The zero-order valence-electron chi connectivity index (χ0n) is 8.56. The van der Waals surface area contributed by atoms with Crippen LogP contribution in [0.25, 0.3) is 0 Å². The SMILES string of the molecule is CCC(F)(CN)Cc1ccc(F)cc1Cl. The Kier molecular flexibility index (Phi) is 4.05. The number of hydrogen-bond acceptors (Lipinski definition) is 1. The van der Waals surface area contributed by atoms with E-state index in [4.69, 9.17) is 17.3 Å². The summed E-state index contributed by atoms with van der Waals surface area (Å²) in [6, 6.07) is 3.95. The Hall–Kier alpha value is -0.670. The molecule has 0 saturated carbocycles. The lowest BCUT2D eigenvalue weighted by Gasteiger charge is -2.22. The van der Waals surface area contributed by atoms with Crippen LogP contribution < -0.4 is 5.73 Å². The minimum atomic E-state index is -1.46. The van der Waals surface area contributed by atoms with Crippen LogP contribution in [-0.2, 0) is 6.42 Å². The smallest absolute Gasteiger partial charge is 0.127 e. The molecule has 0 aliphatic rings. The number of nitrogens with two attached hydrogens (primary N) is 1. The monoisotopic (exact) mass is 233 g/mol. The Bertz CT molecular complexity index is 337. The van der Waals surface area contributed by atoms with E-state index in [0.717, 1.165) is 0 Å². The van der Waals surface area contributed by atoms with Gasteiger partial charge in [0.15, 0.2) is 0 Å². The van der Waals surface area contributed by atoms with Crippen molar-refractivity contribution in [1.82, 2.24) is 0 Å². The summed E-state index contributed by atoms with van der Waals surface area (Å²) in [5.41, 5.74) is 4.49. The third kappa shape index (κ3) is 3.14. The Morgan fingerprint density at radius 2 is 2.13 bits per heavy atom. The van der Waals surface area contributed by atoms with Crippen molar-refractivity contribution < 1.29 is 8.78 Å². The average molecular weight is 234 g/mol. The van der Waals surface area contributed by atoms with Crippen molar-refractivity contribution in [2.75, 3.05) is 6.54 Å². The van der Waals surface area contributed by atoms with E-state index in [9.17, 15) is 8.78 Å². The van der Waals surface area contributed by atoms with Gasteiger partial charge in [0.2, 0.25) is 0 Å². The quantitative estimate of drug-likeness (QED) is 0.850. The molecule has 1 aromatic carbocycles. The van der Waals surface area contributed by atoms with Crippen molar-refractivity contribution in [3.05, 3.63) is 34.6 Å². The van der Waals surface area contributed by atoms with Crippen LogP contribution >= 0.6 is 11.6 Å². The number of halogens is 3. The van der Waals surface area contributed by atoms with Crippen molar-refractivity contribution >= 4 is 11.6 Å². The fourth-order valence-corrected chi connectivity index (χ4v) is 1.58. The van der Waals surface area contributed by atoms with E-state index in [-0.39, 0.29) is 18.0 Å². The van der Waals surface area contributed by atoms with Crippen LogP contribution in [0.2, 0.25) is 5.02 Å². The first-order chi connectivity index (χ1) is 7.00. The summed E-state index contributed by atoms with van der Waals surface area (Å²) in [5, 5.41) is 0.249. The van der Waals surface area contributed by atoms with E-state index in [2.05, 4.69) is 0 Å². The van der Waals surface area contributed by atoms with Crippen molar-refractivity contribution in [3.63, 3.8) is 0 Å². The molecule has 1 atom stereocenters. The second kappa shape index (κ2) is 4.90. The Morgan fingerprint density at radius 3 is 2.60 bits per heavy atom. The molecule has 0 amide bonds. The molecule has 0 bridgehead atoms. The first-order valence-corrected chi connectivity index (χ1v) is 5.21. The van der Waals surface area contributed by atoms with Gasteiger partial charge in [-0.3, -0.25) is 0 Å². The third-order valence-corrected chi connectivity index (χ3v) is 2.87. The normalized spacial score (nSPS) is 15.0. The van der Waals surface area contributed by atoms with Gasteiger partial charge in [-0.25, -0.2) is 8.78 Å². The van der Waals surface area contributed by atoms with Gasteiger partial charge in [0.1, 0.15) is 11.5 Å². The predicted molar refractivity (Wildman–Crippen MR) is 58.3 cm³/mol. The van der Waals surface area contributed by atoms with Crippen molar-refractivity contribution in [2.24, 2.45) is 5.73 Å². The summed E-state index contributed by atoms with van der Waals surface area (Å²) in [4.78, 5) is 0. The van der Waals surface area contributed by atoms with Crippen LogP contribution in [0.1, 0.15) is 18.9 Å². The molecular weight excluding hydrogens is 220 g/mol. The Labute approximate surface area is 93.2 Å². The second-order valence-electron chi connectivity index (χ2n) is 3.62. The van der Waals surface area contributed by atoms with Gasteiger partial charge in [-0.1, -0.05) is 24.6 Å². The van der Waals surface area contributed by atoms with Crippen LogP contribution in [-0.4, -0.2) is 12.2 Å². The molecule has 0 spiro atoms. The standard InChI is InChI=1S/C11H14ClF2N/c1-2-11(14,7-15)6-8-3-4-9(13)5-10(8)12/h3-5H,2,6-7,15H2,1H3. The molecule has 4 heteroatoms. The molecule has 0 aliphatic carbocycles. The predicted octanol–water partition coefficient (Wildman–Crippen LogP) is 3.10. The van der Waals surface area contributed by atoms with E-state index in [0.29, 0.717) is 12.0 Å². The zero-order valence-corrected chi connectivity index (χ0v) is 9.32. The molecule has 1 unspecified atom stereocenters. The lowest BCUT2D eigenvalue weighted by atomic mass is 9.94. The maximum atomic E-state index is 13.9. The summed E-state index contributed by atoms with van der Waals surface area (Å²) in [5.74, 6) is -0.419. The van der Waals surface area contributed by atoms with Crippen LogP contribution in [0.4, 0.5) is 8.78 Å².